The number of hydrogen-bond acceptors (Lipinski definition) is 14. The minimum atomic E-state index is -1.69. The summed E-state index contributed by atoms with van der Waals surface area (Å²) in [5.41, 5.74) is 0.779. The fraction of sp³-hybridized carbons (Fsp3) is 0.464. The van der Waals surface area contributed by atoms with Crippen molar-refractivity contribution in [2.75, 3.05) is 13.4 Å². The number of aliphatic hydroxyl groups is 6. The molecule has 3 aliphatic heterocycles. The van der Waals surface area contributed by atoms with E-state index in [-0.39, 0.29) is 28.9 Å². The zero-order valence-electron chi connectivity index (χ0n) is 22.2. The maximum absolute atomic E-state index is 13.2. The molecule has 0 unspecified atom stereocenters. The van der Waals surface area contributed by atoms with E-state index in [0.717, 1.165) is 0 Å². The van der Waals surface area contributed by atoms with E-state index >= 15 is 0 Å². The Bertz CT molecular complexity index is 1490. The molecule has 0 saturated carbocycles. The van der Waals surface area contributed by atoms with Crippen LogP contribution in [0.25, 0.3) is 22.1 Å². The molecule has 10 atom stereocenters. The topological polar surface area (TPSA) is 207 Å². The first-order valence-corrected chi connectivity index (χ1v) is 13.3. The van der Waals surface area contributed by atoms with Gasteiger partial charge in [0.2, 0.25) is 13.1 Å². The zero-order valence-corrected chi connectivity index (χ0v) is 22.2. The SMILES string of the molecule is C[C@H]1O[C@@H](OC[C@H]2O[C@@H](Oc3ccc4c(=O)c(-c5ccc6c(c5)OCO6)coc4c3)[C@@H](O)[C@@H](O)[C@H]2O)[C@@H](O)[C@@H](O)[C@H]1O. The van der Waals surface area contributed by atoms with Crippen LogP contribution in [0, 0.1) is 0 Å². The largest absolute Gasteiger partial charge is 0.463 e. The van der Waals surface area contributed by atoms with E-state index in [1.165, 1.54) is 31.4 Å². The van der Waals surface area contributed by atoms with Gasteiger partial charge in [-0.1, -0.05) is 6.07 Å². The monoisotopic (exact) mass is 590 g/mol. The van der Waals surface area contributed by atoms with Crippen LogP contribution in [-0.4, -0.2) is 105 Å². The number of benzene rings is 2. The summed E-state index contributed by atoms with van der Waals surface area (Å²) in [6.07, 6.45) is -13.0. The van der Waals surface area contributed by atoms with Crippen LogP contribution in [0.5, 0.6) is 17.2 Å². The van der Waals surface area contributed by atoms with Gasteiger partial charge in [0.25, 0.3) is 0 Å². The highest BCUT2D eigenvalue weighted by Crippen LogP contribution is 2.36. The normalized spacial score (nSPS) is 34.5. The standard InChI is InChI=1S/C28H30O14/c1-11-20(29)23(32)25(34)27(40-11)37-9-19-22(31)24(33)26(35)28(42-19)41-13-3-4-14-17(7-13)36-8-15(21(14)30)12-2-5-16-18(6-12)39-10-38-16/h2-8,11,19-20,22-29,31-35H,9-10H2,1H3/t11-,19-,20+,22+,23+,24+,25+,26+,27-,28-/m1/s1. The summed E-state index contributed by atoms with van der Waals surface area (Å²) in [7, 11) is 0. The van der Waals surface area contributed by atoms with Crippen molar-refractivity contribution in [1.82, 2.24) is 0 Å². The summed E-state index contributed by atoms with van der Waals surface area (Å²) < 4.78 is 38.7. The summed E-state index contributed by atoms with van der Waals surface area (Å²) in [6, 6.07) is 9.47. The van der Waals surface area contributed by atoms with Gasteiger partial charge in [0, 0.05) is 6.07 Å². The second kappa shape index (κ2) is 11.4. The number of hydrogen-bond donors (Lipinski definition) is 6. The minimum Gasteiger partial charge on any atom is -0.463 e. The molecule has 14 heteroatoms. The molecule has 2 saturated heterocycles. The lowest BCUT2D eigenvalue weighted by Gasteiger charge is -2.42. The average molecular weight is 591 g/mol. The van der Waals surface area contributed by atoms with E-state index in [2.05, 4.69) is 0 Å². The second-order valence-electron chi connectivity index (χ2n) is 10.4. The van der Waals surface area contributed by atoms with Gasteiger partial charge in [0.1, 0.15) is 60.3 Å². The van der Waals surface area contributed by atoms with Crippen molar-refractivity contribution in [2.24, 2.45) is 0 Å². The third-order valence-corrected chi connectivity index (χ3v) is 7.58. The Morgan fingerprint density at radius 1 is 0.810 bits per heavy atom. The van der Waals surface area contributed by atoms with Crippen molar-refractivity contribution in [3.05, 3.63) is 52.9 Å². The van der Waals surface area contributed by atoms with Crippen molar-refractivity contribution in [1.29, 1.82) is 0 Å². The first-order chi connectivity index (χ1) is 20.1. The van der Waals surface area contributed by atoms with Crippen LogP contribution in [0.15, 0.2) is 51.9 Å². The Morgan fingerprint density at radius 2 is 1.55 bits per heavy atom. The van der Waals surface area contributed by atoms with E-state index in [9.17, 15) is 35.4 Å². The molecule has 0 aliphatic carbocycles. The van der Waals surface area contributed by atoms with Crippen LogP contribution in [0.2, 0.25) is 0 Å². The Morgan fingerprint density at radius 3 is 2.36 bits per heavy atom. The molecule has 0 radical (unpaired) electrons. The Balaban J connectivity index is 1.16. The van der Waals surface area contributed by atoms with Gasteiger partial charge in [0.15, 0.2) is 23.2 Å². The summed E-state index contributed by atoms with van der Waals surface area (Å²) in [5.74, 6) is 1.23. The quantitative estimate of drug-likeness (QED) is 0.208. The summed E-state index contributed by atoms with van der Waals surface area (Å²) in [4.78, 5) is 13.2. The fourth-order valence-corrected chi connectivity index (χ4v) is 5.07. The molecule has 6 rings (SSSR count). The summed E-state index contributed by atoms with van der Waals surface area (Å²) in [5, 5.41) is 61.7. The second-order valence-corrected chi connectivity index (χ2v) is 10.4. The highest BCUT2D eigenvalue weighted by atomic mass is 16.7. The van der Waals surface area contributed by atoms with Crippen molar-refractivity contribution < 1.29 is 63.5 Å². The molecule has 1 aromatic heterocycles. The van der Waals surface area contributed by atoms with Gasteiger partial charge in [-0.25, -0.2) is 0 Å². The predicted octanol–water partition coefficient (Wildman–Crippen LogP) is -0.781. The van der Waals surface area contributed by atoms with Crippen molar-refractivity contribution in [3.63, 3.8) is 0 Å². The molecule has 2 fully saturated rings. The molecule has 3 aromatic rings. The third-order valence-electron chi connectivity index (χ3n) is 7.58. The molecule has 0 amide bonds. The summed E-state index contributed by atoms with van der Waals surface area (Å²) in [6.45, 7) is 1.15. The molecule has 226 valence electrons. The lowest BCUT2D eigenvalue weighted by atomic mass is 9.98. The van der Waals surface area contributed by atoms with E-state index in [1.54, 1.807) is 18.2 Å². The lowest BCUT2D eigenvalue weighted by molar-refractivity contribution is -0.318. The smallest absolute Gasteiger partial charge is 0.231 e. The molecule has 0 bridgehead atoms. The molecular weight excluding hydrogens is 560 g/mol. The van der Waals surface area contributed by atoms with Crippen molar-refractivity contribution >= 4 is 11.0 Å². The van der Waals surface area contributed by atoms with E-state index in [0.29, 0.717) is 22.6 Å². The average Bonchev–Trinajstić information content (AvgIpc) is 3.46. The summed E-state index contributed by atoms with van der Waals surface area (Å²) >= 11 is 0. The van der Waals surface area contributed by atoms with Gasteiger partial charge in [-0.05, 0) is 36.8 Å². The predicted molar refractivity (Wildman–Crippen MR) is 140 cm³/mol. The maximum Gasteiger partial charge on any atom is 0.231 e. The fourth-order valence-electron chi connectivity index (χ4n) is 5.07. The van der Waals surface area contributed by atoms with Gasteiger partial charge < -0.3 is 63.5 Å². The van der Waals surface area contributed by atoms with Gasteiger partial charge in [-0.3, -0.25) is 4.79 Å². The highest BCUT2D eigenvalue weighted by Gasteiger charge is 2.47. The van der Waals surface area contributed by atoms with Crippen LogP contribution in [-0.2, 0) is 14.2 Å². The molecule has 4 heterocycles. The first kappa shape index (κ1) is 28.8. The maximum atomic E-state index is 13.2. The zero-order chi connectivity index (χ0) is 29.7. The molecule has 14 nitrogen and oxygen atoms in total. The minimum absolute atomic E-state index is 0.101. The van der Waals surface area contributed by atoms with E-state index in [1.807, 2.05) is 0 Å². The van der Waals surface area contributed by atoms with Gasteiger partial charge in [-0.2, -0.15) is 0 Å². The van der Waals surface area contributed by atoms with E-state index < -0.39 is 68.0 Å². The van der Waals surface area contributed by atoms with E-state index in [4.69, 9.17) is 32.8 Å². The van der Waals surface area contributed by atoms with Crippen LogP contribution in [0.4, 0.5) is 0 Å². The number of ether oxygens (including phenoxy) is 6. The highest BCUT2D eigenvalue weighted by molar-refractivity contribution is 5.83. The van der Waals surface area contributed by atoms with Crippen molar-refractivity contribution in [3.8, 4) is 28.4 Å². The molecule has 3 aliphatic rings. The van der Waals surface area contributed by atoms with Crippen molar-refractivity contribution in [2.45, 2.75) is 68.3 Å². The van der Waals surface area contributed by atoms with Crippen LogP contribution < -0.4 is 19.6 Å². The van der Waals surface area contributed by atoms with Crippen LogP contribution in [0.1, 0.15) is 6.92 Å². The van der Waals surface area contributed by atoms with Gasteiger partial charge in [-0.15, -0.1) is 0 Å². The Kier molecular flexibility index (Phi) is 7.82. The Hall–Kier alpha value is -3.31. The Labute approximate surface area is 237 Å². The van der Waals surface area contributed by atoms with Gasteiger partial charge in [0.05, 0.1) is 23.7 Å². The molecular formula is C28H30O14. The third kappa shape index (κ3) is 5.21. The first-order valence-electron chi connectivity index (χ1n) is 13.3. The van der Waals surface area contributed by atoms with Crippen LogP contribution in [0.3, 0.4) is 0 Å². The lowest BCUT2D eigenvalue weighted by Crippen LogP contribution is -2.61. The molecule has 2 aromatic carbocycles. The van der Waals surface area contributed by atoms with Crippen LogP contribution >= 0.6 is 0 Å². The number of aliphatic hydroxyl groups excluding tert-OH is 6. The molecule has 6 N–H and O–H groups in total. The molecule has 42 heavy (non-hydrogen) atoms. The number of fused-ring (bicyclic) bond motifs is 2. The number of rotatable bonds is 6. The van der Waals surface area contributed by atoms with Gasteiger partial charge >= 0.3 is 0 Å². The molecule has 0 spiro atoms.